The first-order valence-electron chi connectivity index (χ1n) is 6.83. The lowest BCUT2D eigenvalue weighted by Gasteiger charge is -2.16. The van der Waals surface area contributed by atoms with Gasteiger partial charge < -0.3 is 10.6 Å². The summed E-state index contributed by atoms with van der Waals surface area (Å²) in [7, 11) is 0. The lowest BCUT2D eigenvalue weighted by Crippen LogP contribution is -2.30. The summed E-state index contributed by atoms with van der Waals surface area (Å²) in [4.78, 5) is 1.28. The zero-order chi connectivity index (χ0) is 14.7. The van der Waals surface area contributed by atoms with E-state index in [1.54, 1.807) is 11.3 Å². The fraction of sp³-hybridized carbons (Fsp3) is 0.118. The third kappa shape index (κ3) is 3.23. The molecule has 0 aliphatic rings. The molecule has 1 atom stereocenters. The van der Waals surface area contributed by atoms with E-state index in [0.717, 1.165) is 5.69 Å². The van der Waals surface area contributed by atoms with Gasteiger partial charge in [-0.25, -0.2) is 0 Å². The van der Waals surface area contributed by atoms with Crippen molar-refractivity contribution in [2.45, 2.75) is 13.0 Å². The van der Waals surface area contributed by atoms with Gasteiger partial charge in [-0.15, -0.1) is 11.3 Å². The van der Waals surface area contributed by atoms with Crippen molar-refractivity contribution in [2.75, 3.05) is 5.32 Å². The Kier molecular flexibility index (Phi) is 4.18. The first kappa shape index (κ1) is 14.0. The van der Waals surface area contributed by atoms with Gasteiger partial charge in [0, 0.05) is 16.0 Å². The third-order valence-corrected chi connectivity index (χ3v) is 4.63. The van der Waals surface area contributed by atoms with E-state index >= 15 is 0 Å². The second kappa shape index (κ2) is 6.24. The number of hydrogen-bond donors (Lipinski definition) is 2. The van der Waals surface area contributed by atoms with Crippen molar-refractivity contribution in [1.29, 1.82) is 0 Å². The molecule has 0 spiro atoms. The van der Waals surface area contributed by atoms with Crippen LogP contribution in [0.2, 0.25) is 0 Å². The van der Waals surface area contributed by atoms with Crippen LogP contribution in [0.15, 0.2) is 60.0 Å². The van der Waals surface area contributed by atoms with Crippen molar-refractivity contribution in [1.82, 2.24) is 5.32 Å². The molecule has 0 fully saturated rings. The van der Waals surface area contributed by atoms with Crippen LogP contribution in [0.1, 0.15) is 17.8 Å². The zero-order valence-electron chi connectivity index (χ0n) is 11.7. The molecule has 0 amide bonds. The predicted octanol–water partition coefficient (Wildman–Crippen LogP) is 4.95. The number of thiocarbonyl (C=S) groups is 1. The van der Waals surface area contributed by atoms with Crippen molar-refractivity contribution in [3.05, 3.63) is 64.9 Å². The highest BCUT2D eigenvalue weighted by atomic mass is 32.1. The molecule has 1 aromatic heterocycles. The van der Waals surface area contributed by atoms with Crippen LogP contribution in [-0.4, -0.2) is 5.11 Å². The first-order valence-corrected chi connectivity index (χ1v) is 8.11. The molecule has 0 saturated heterocycles. The van der Waals surface area contributed by atoms with Gasteiger partial charge >= 0.3 is 0 Å². The SMILES string of the molecule is C[C@@H](NC(=S)Nc1cccc2ccccc12)c1cccs1. The van der Waals surface area contributed by atoms with E-state index in [9.17, 15) is 0 Å². The molecule has 21 heavy (non-hydrogen) atoms. The molecule has 0 aliphatic carbocycles. The van der Waals surface area contributed by atoms with E-state index in [1.165, 1.54) is 15.6 Å². The highest BCUT2D eigenvalue weighted by Crippen LogP contribution is 2.23. The molecule has 0 saturated carbocycles. The molecule has 4 heteroatoms. The Labute approximate surface area is 133 Å². The van der Waals surface area contributed by atoms with Gasteiger partial charge in [0.15, 0.2) is 5.11 Å². The van der Waals surface area contributed by atoms with Gasteiger partial charge in [-0.3, -0.25) is 0 Å². The first-order chi connectivity index (χ1) is 10.2. The Hall–Kier alpha value is -1.91. The average molecular weight is 312 g/mol. The maximum absolute atomic E-state index is 5.43. The normalized spacial score (nSPS) is 12.0. The molecule has 0 aliphatic heterocycles. The average Bonchev–Trinajstić information content (AvgIpc) is 3.02. The number of anilines is 1. The van der Waals surface area contributed by atoms with Crippen molar-refractivity contribution in [2.24, 2.45) is 0 Å². The third-order valence-electron chi connectivity index (χ3n) is 3.36. The van der Waals surface area contributed by atoms with E-state index in [0.29, 0.717) is 5.11 Å². The lowest BCUT2D eigenvalue weighted by molar-refractivity contribution is 0.737. The summed E-state index contributed by atoms with van der Waals surface area (Å²) >= 11 is 7.16. The second-order valence-corrected chi connectivity index (χ2v) is 6.25. The lowest BCUT2D eigenvalue weighted by atomic mass is 10.1. The quantitative estimate of drug-likeness (QED) is 0.669. The maximum Gasteiger partial charge on any atom is 0.171 e. The van der Waals surface area contributed by atoms with E-state index in [2.05, 4.69) is 53.3 Å². The Morgan fingerprint density at radius 1 is 1.05 bits per heavy atom. The second-order valence-electron chi connectivity index (χ2n) is 4.86. The van der Waals surface area contributed by atoms with Gasteiger partial charge in [0.05, 0.1) is 6.04 Å². The number of rotatable bonds is 3. The predicted molar refractivity (Wildman–Crippen MR) is 96.0 cm³/mol. The highest BCUT2D eigenvalue weighted by molar-refractivity contribution is 7.80. The van der Waals surface area contributed by atoms with Gasteiger partial charge in [-0.2, -0.15) is 0 Å². The molecule has 106 valence electrons. The number of hydrogen-bond acceptors (Lipinski definition) is 2. The molecule has 2 N–H and O–H groups in total. The molecular weight excluding hydrogens is 296 g/mol. The van der Waals surface area contributed by atoms with Gasteiger partial charge in [0.25, 0.3) is 0 Å². The van der Waals surface area contributed by atoms with Crippen molar-refractivity contribution in [3.8, 4) is 0 Å². The summed E-state index contributed by atoms with van der Waals surface area (Å²) in [6, 6.07) is 18.9. The van der Waals surface area contributed by atoms with Crippen LogP contribution >= 0.6 is 23.6 Å². The number of benzene rings is 2. The van der Waals surface area contributed by atoms with E-state index in [1.807, 2.05) is 24.3 Å². The van der Waals surface area contributed by atoms with Crippen LogP contribution in [0.5, 0.6) is 0 Å². The van der Waals surface area contributed by atoms with Crippen molar-refractivity contribution in [3.63, 3.8) is 0 Å². The Balaban J connectivity index is 1.75. The van der Waals surface area contributed by atoms with Gasteiger partial charge in [0.2, 0.25) is 0 Å². The van der Waals surface area contributed by atoms with Gasteiger partial charge in [0.1, 0.15) is 0 Å². The smallest absolute Gasteiger partial charge is 0.171 e. The van der Waals surface area contributed by atoms with Crippen LogP contribution in [-0.2, 0) is 0 Å². The Bertz CT molecular complexity index is 745. The van der Waals surface area contributed by atoms with Gasteiger partial charge in [-0.05, 0) is 42.0 Å². The molecule has 3 rings (SSSR count). The van der Waals surface area contributed by atoms with E-state index < -0.39 is 0 Å². The van der Waals surface area contributed by atoms with Crippen LogP contribution in [0, 0.1) is 0 Å². The monoisotopic (exact) mass is 312 g/mol. The molecule has 0 bridgehead atoms. The minimum absolute atomic E-state index is 0.208. The van der Waals surface area contributed by atoms with Crippen molar-refractivity contribution < 1.29 is 0 Å². The fourth-order valence-electron chi connectivity index (χ4n) is 2.30. The standard InChI is InChI=1S/C17H16N2S2/c1-12(16-10-5-11-21-16)18-17(20)19-15-9-4-7-13-6-2-3-8-14(13)15/h2-12H,1H3,(H2,18,19,20)/t12-/m1/s1. The molecule has 2 aromatic carbocycles. The number of fused-ring (bicyclic) bond motifs is 1. The molecule has 3 aromatic rings. The summed E-state index contributed by atoms with van der Waals surface area (Å²) < 4.78 is 0. The van der Waals surface area contributed by atoms with E-state index in [4.69, 9.17) is 12.2 Å². The fourth-order valence-corrected chi connectivity index (χ4v) is 3.32. The summed E-state index contributed by atoms with van der Waals surface area (Å²) in [6.07, 6.45) is 0. The molecule has 2 nitrogen and oxygen atoms in total. The Morgan fingerprint density at radius 2 is 1.86 bits per heavy atom. The maximum atomic E-state index is 5.43. The minimum Gasteiger partial charge on any atom is -0.355 e. The summed E-state index contributed by atoms with van der Waals surface area (Å²) in [5.74, 6) is 0. The van der Waals surface area contributed by atoms with E-state index in [-0.39, 0.29) is 6.04 Å². The van der Waals surface area contributed by atoms with Crippen LogP contribution in [0.25, 0.3) is 10.8 Å². The zero-order valence-corrected chi connectivity index (χ0v) is 13.3. The van der Waals surface area contributed by atoms with Crippen LogP contribution in [0.4, 0.5) is 5.69 Å². The summed E-state index contributed by atoms with van der Waals surface area (Å²) in [5, 5.41) is 11.7. The molecular formula is C17H16N2S2. The number of thiophene rings is 1. The molecule has 0 unspecified atom stereocenters. The van der Waals surface area contributed by atoms with Crippen LogP contribution < -0.4 is 10.6 Å². The Morgan fingerprint density at radius 3 is 2.67 bits per heavy atom. The molecule has 1 heterocycles. The molecule has 0 radical (unpaired) electrons. The highest BCUT2D eigenvalue weighted by Gasteiger charge is 2.08. The summed E-state index contributed by atoms with van der Waals surface area (Å²) in [6.45, 7) is 2.11. The van der Waals surface area contributed by atoms with Gasteiger partial charge in [-0.1, -0.05) is 42.5 Å². The topological polar surface area (TPSA) is 24.1 Å². The van der Waals surface area contributed by atoms with Crippen molar-refractivity contribution >= 4 is 45.1 Å². The largest absolute Gasteiger partial charge is 0.355 e. The number of nitrogens with one attached hydrogen (secondary N) is 2. The summed E-state index contributed by atoms with van der Waals surface area (Å²) in [5.41, 5.74) is 1.03. The van der Waals surface area contributed by atoms with Crippen LogP contribution in [0.3, 0.4) is 0 Å². The minimum atomic E-state index is 0.208.